The fourth-order valence-corrected chi connectivity index (χ4v) is 2.53. The maximum absolute atomic E-state index is 13.8. The molecule has 0 atom stereocenters. The van der Waals surface area contributed by atoms with Crippen molar-refractivity contribution in [2.75, 3.05) is 0 Å². The monoisotopic (exact) mass is 367 g/mol. The van der Waals surface area contributed by atoms with Crippen molar-refractivity contribution in [1.82, 2.24) is 24.6 Å². The summed E-state index contributed by atoms with van der Waals surface area (Å²) in [4.78, 5) is 24.5. The van der Waals surface area contributed by atoms with Crippen molar-refractivity contribution in [3.8, 4) is 11.5 Å². The third kappa shape index (κ3) is 3.34. The van der Waals surface area contributed by atoms with Gasteiger partial charge in [0.25, 0.3) is 0 Å². The average Bonchev–Trinajstić information content (AvgIpc) is 3.14. The molecule has 0 aromatic carbocycles. The summed E-state index contributed by atoms with van der Waals surface area (Å²) >= 11 is 0. The van der Waals surface area contributed by atoms with Crippen LogP contribution in [0.4, 0.5) is 8.78 Å². The van der Waals surface area contributed by atoms with Gasteiger partial charge in [0, 0.05) is 11.9 Å². The third-order valence-electron chi connectivity index (χ3n) is 3.75. The first kappa shape index (κ1) is 16.7. The zero-order chi connectivity index (χ0) is 18.8. The number of hydrogen-bond acceptors (Lipinski definition) is 6. The predicted molar refractivity (Wildman–Crippen MR) is 89.5 cm³/mol. The van der Waals surface area contributed by atoms with Crippen LogP contribution in [0.5, 0.6) is 11.5 Å². The van der Waals surface area contributed by atoms with Gasteiger partial charge in [0.15, 0.2) is 23.0 Å². The molecule has 0 fully saturated rings. The molecule has 4 aromatic rings. The van der Waals surface area contributed by atoms with Crippen molar-refractivity contribution in [3.05, 3.63) is 78.3 Å². The molecular weight excluding hydrogens is 356 g/mol. The lowest BCUT2D eigenvalue weighted by molar-refractivity contribution is 0.0992. The highest BCUT2D eigenvalue weighted by atomic mass is 19.2. The van der Waals surface area contributed by atoms with Gasteiger partial charge in [-0.2, -0.15) is 9.49 Å². The summed E-state index contributed by atoms with van der Waals surface area (Å²) in [5.74, 6) is -2.90. The van der Waals surface area contributed by atoms with Gasteiger partial charge in [-0.25, -0.2) is 13.9 Å². The van der Waals surface area contributed by atoms with Crippen molar-refractivity contribution in [2.45, 2.75) is 6.42 Å². The Balaban J connectivity index is 1.71. The lowest BCUT2D eigenvalue weighted by Crippen LogP contribution is -2.08. The van der Waals surface area contributed by atoms with E-state index in [1.807, 2.05) is 0 Å². The number of ether oxygens (including phenoxy) is 1. The van der Waals surface area contributed by atoms with E-state index in [1.54, 1.807) is 24.4 Å². The Bertz CT molecular complexity index is 1130. The molecule has 0 saturated heterocycles. The van der Waals surface area contributed by atoms with E-state index in [0.29, 0.717) is 11.3 Å². The van der Waals surface area contributed by atoms with Gasteiger partial charge in [-0.15, -0.1) is 0 Å². The Morgan fingerprint density at radius 3 is 2.89 bits per heavy atom. The molecule has 9 heteroatoms. The molecular formula is C18H11F2N5O2. The summed E-state index contributed by atoms with van der Waals surface area (Å²) in [5.41, 5.74) is 1.13. The molecule has 4 rings (SSSR count). The van der Waals surface area contributed by atoms with E-state index in [4.69, 9.17) is 4.74 Å². The Labute approximate surface area is 151 Å². The summed E-state index contributed by atoms with van der Waals surface area (Å²) in [6, 6.07) is 6.66. The summed E-state index contributed by atoms with van der Waals surface area (Å²) in [6.07, 6.45) is 6.10. The number of nitrogens with zero attached hydrogens (tertiary/aromatic N) is 5. The van der Waals surface area contributed by atoms with E-state index < -0.39 is 17.4 Å². The molecule has 4 aromatic heterocycles. The van der Waals surface area contributed by atoms with Crippen LogP contribution in [-0.4, -0.2) is 30.3 Å². The molecule has 0 saturated carbocycles. The molecule has 0 aliphatic carbocycles. The fraction of sp³-hybridized carbons (Fsp3) is 0.0556. The summed E-state index contributed by atoms with van der Waals surface area (Å²) in [6.45, 7) is 0. The molecule has 4 heterocycles. The SMILES string of the molecule is O=C(Cc1ccccn1)c1cc(Oc2cncc(F)c2F)cn2ncnc12. The minimum absolute atomic E-state index is 0.0443. The van der Waals surface area contributed by atoms with Crippen LogP contribution in [0.25, 0.3) is 5.65 Å². The zero-order valence-electron chi connectivity index (χ0n) is 13.7. The summed E-state index contributed by atoms with van der Waals surface area (Å²) < 4.78 is 33.9. The highest BCUT2D eigenvalue weighted by Crippen LogP contribution is 2.27. The molecule has 134 valence electrons. The lowest BCUT2D eigenvalue weighted by Gasteiger charge is -2.09. The van der Waals surface area contributed by atoms with Crippen LogP contribution in [-0.2, 0) is 6.42 Å². The second kappa shape index (κ2) is 6.87. The van der Waals surface area contributed by atoms with Crippen molar-refractivity contribution in [1.29, 1.82) is 0 Å². The normalized spacial score (nSPS) is 10.9. The standard InChI is InChI=1S/C18H11F2N5O2/c19-14-7-21-8-16(17(14)20)27-12-6-13(18-23-10-24-25(18)9-12)15(26)5-11-3-1-2-4-22-11/h1-4,6-10H,5H2. The average molecular weight is 367 g/mol. The van der Waals surface area contributed by atoms with Gasteiger partial charge >= 0.3 is 0 Å². The second-order valence-electron chi connectivity index (χ2n) is 5.57. The smallest absolute Gasteiger partial charge is 0.204 e. The highest BCUT2D eigenvalue weighted by Gasteiger charge is 2.18. The Morgan fingerprint density at radius 1 is 1.19 bits per heavy atom. The highest BCUT2D eigenvalue weighted by molar-refractivity contribution is 6.02. The Morgan fingerprint density at radius 2 is 2.07 bits per heavy atom. The maximum atomic E-state index is 13.8. The maximum Gasteiger partial charge on any atom is 0.204 e. The quantitative estimate of drug-likeness (QED) is 0.504. The minimum atomic E-state index is -1.18. The Hall–Kier alpha value is -3.75. The molecule has 0 spiro atoms. The van der Waals surface area contributed by atoms with Gasteiger partial charge in [0.2, 0.25) is 5.82 Å². The number of aromatic nitrogens is 5. The van der Waals surface area contributed by atoms with Crippen molar-refractivity contribution >= 4 is 11.4 Å². The van der Waals surface area contributed by atoms with Gasteiger partial charge in [-0.1, -0.05) is 6.07 Å². The van der Waals surface area contributed by atoms with E-state index in [2.05, 4.69) is 20.1 Å². The second-order valence-corrected chi connectivity index (χ2v) is 5.57. The molecule has 0 unspecified atom stereocenters. The molecule has 0 bridgehead atoms. The lowest BCUT2D eigenvalue weighted by atomic mass is 10.1. The van der Waals surface area contributed by atoms with Crippen molar-refractivity contribution in [3.63, 3.8) is 0 Å². The van der Waals surface area contributed by atoms with Crippen LogP contribution < -0.4 is 4.74 Å². The molecule has 0 aliphatic heterocycles. The number of fused-ring (bicyclic) bond motifs is 1. The first-order chi connectivity index (χ1) is 13.1. The number of pyridine rings is 3. The van der Waals surface area contributed by atoms with Gasteiger partial charge in [-0.3, -0.25) is 14.8 Å². The van der Waals surface area contributed by atoms with Crippen LogP contribution in [0.3, 0.4) is 0 Å². The first-order valence-corrected chi connectivity index (χ1v) is 7.85. The number of carbonyl (C=O) groups excluding carboxylic acids is 1. The number of hydrogen-bond donors (Lipinski definition) is 0. The zero-order valence-corrected chi connectivity index (χ0v) is 13.7. The Kier molecular flexibility index (Phi) is 4.25. The van der Waals surface area contributed by atoms with Crippen LogP contribution in [0, 0.1) is 11.6 Å². The number of rotatable bonds is 5. The minimum Gasteiger partial charge on any atom is -0.451 e. The molecule has 27 heavy (non-hydrogen) atoms. The fourth-order valence-electron chi connectivity index (χ4n) is 2.53. The van der Waals surface area contributed by atoms with Gasteiger partial charge in [0.05, 0.1) is 30.6 Å². The molecule has 0 amide bonds. The van der Waals surface area contributed by atoms with Gasteiger partial charge in [0.1, 0.15) is 12.1 Å². The van der Waals surface area contributed by atoms with Gasteiger partial charge < -0.3 is 4.74 Å². The third-order valence-corrected chi connectivity index (χ3v) is 3.75. The topological polar surface area (TPSA) is 82.3 Å². The van der Waals surface area contributed by atoms with E-state index in [1.165, 1.54) is 23.1 Å². The van der Waals surface area contributed by atoms with Gasteiger partial charge in [-0.05, 0) is 18.2 Å². The molecule has 0 radical (unpaired) electrons. The van der Waals surface area contributed by atoms with E-state index >= 15 is 0 Å². The number of carbonyl (C=O) groups is 1. The van der Waals surface area contributed by atoms with Crippen molar-refractivity contribution < 1.29 is 18.3 Å². The predicted octanol–water partition coefficient (Wildman–Crippen LogP) is 3.02. The number of Topliss-reactive ketones (excluding diaryl/α,β-unsaturated/α-hetero) is 1. The van der Waals surface area contributed by atoms with E-state index in [-0.39, 0.29) is 23.5 Å². The molecule has 0 N–H and O–H groups in total. The largest absolute Gasteiger partial charge is 0.451 e. The number of halogens is 2. The molecule has 0 aliphatic rings. The van der Waals surface area contributed by atoms with Crippen LogP contribution >= 0.6 is 0 Å². The summed E-state index contributed by atoms with van der Waals surface area (Å²) in [7, 11) is 0. The molecule has 7 nitrogen and oxygen atoms in total. The number of ketones is 1. The van der Waals surface area contributed by atoms with E-state index in [0.717, 1.165) is 12.4 Å². The summed E-state index contributed by atoms with van der Waals surface area (Å²) in [5, 5.41) is 3.99. The van der Waals surface area contributed by atoms with Crippen LogP contribution in [0.15, 0.2) is 55.4 Å². The van der Waals surface area contributed by atoms with Crippen LogP contribution in [0.2, 0.25) is 0 Å². The first-order valence-electron chi connectivity index (χ1n) is 7.85. The van der Waals surface area contributed by atoms with E-state index in [9.17, 15) is 13.6 Å². The van der Waals surface area contributed by atoms with Crippen LogP contribution in [0.1, 0.15) is 16.1 Å². The van der Waals surface area contributed by atoms with Crippen molar-refractivity contribution in [2.24, 2.45) is 0 Å².